The molecule has 1 aliphatic heterocycles. The Kier molecular flexibility index (Phi) is 2.62. The molecule has 0 aromatic carbocycles. The molecule has 1 heterocycles. The van der Waals surface area contributed by atoms with Crippen LogP contribution in [0, 0.1) is 0 Å². The largest absolute Gasteiger partial charge is 0.342 e. The number of ether oxygens (including phenoxy) is 2. The van der Waals surface area contributed by atoms with Gasteiger partial charge in [0.1, 0.15) is 0 Å². The Bertz CT molecular complexity index is 173. The quantitative estimate of drug-likeness (QED) is 0.614. The van der Waals surface area contributed by atoms with Crippen molar-refractivity contribution >= 4 is 5.91 Å². The average Bonchev–Trinajstić information content (AvgIpc) is 2.35. The zero-order chi connectivity index (χ0) is 8.27. The lowest BCUT2D eigenvalue weighted by Crippen LogP contribution is -2.33. The molecule has 62 valence electrons. The minimum atomic E-state index is -0.744. The van der Waals surface area contributed by atoms with Gasteiger partial charge in [0.2, 0.25) is 6.29 Å². The number of hydrogen-bond acceptors (Lipinski definition) is 3. The molecule has 0 aromatic heterocycles. The van der Waals surface area contributed by atoms with E-state index in [1.54, 1.807) is 6.92 Å². The highest BCUT2D eigenvalue weighted by Gasteiger charge is 2.23. The van der Waals surface area contributed by atoms with Gasteiger partial charge in [0, 0.05) is 5.70 Å². The van der Waals surface area contributed by atoms with Gasteiger partial charge in [0.25, 0.3) is 5.91 Å². The number of allylic oxidation sites excluding steroid dienone is 1. The maximum atomic E-state index is 11.0. The third kappa shape index (κ3) is 2.32. The van der Waals surface area contributed by atoms with Crippen LogP contribution in [-0.4, -0.2) is 25.4 Å². The Labute approximate surface area is 65.2 Å². The predicted octanol–water partition coefficient (Wildman–Crippen LogP) is 0.00910. The normalized spacial score (nSPS) is 18.3. The molecule has 0 spiro atoms. The van der Waals surface area contributed by atoms with Crippen LogP contribution in [0.25, 0.3) is 0 Å². The summed E-state index contributed by atoms with van der Waals surface area (Å²) < 4.78 is 9.88. The van der Waals surface area contributed by atoms with E-state index < -0.39 is 6.29 Å². The molecule has 0 radical (unpaired) electrons. The van der Waals surface area contributed by atoms with Crippen LogP contribution in [-0.2, 0) is 14.3 Å². The van der Waals surface area contributed by atoms with Crippen molar-refractivity contribution in [1.82, 2.24) is 5.32 Å². The van der Waals surface area contributed by atoms with E-state index >= 15 is 0 Å². The summed E-state index contributed by atoms with van der Waals surface area (Å²) in [6.45, 7) is 6.19. The van der Waals surface area contributed by atoms with E-state index in [4.69, 9.17) is 9.47 Å². The average molecular weight is 157 g/mol. The highest BCUT2D eigenvalue weighted by atomic mass is 16.7. The van der Waals surface area contributed by atoms with E-state index in [0.717, 1.165) is 0 Å². The number of carbonyl (C=O) groups excluding carboxylic acids is 1. The van der Waals surface area contributed by atoms with Crippen molar-refractivity contribution in [2.45, 2.75) is 13.2 Å². The van der Waals surface area contributed by atoms with Crippen molar-refractivity contribution in [2.75, 3.05) is 13.2 Å². The van der Waals surface area contributed by atoms with Gasteiger partial charge in [-0.3, -0.25) is 4.79 Å². The van der Waals surface area contributed by atoms with Crippen LogP contribution in [0.1, 0.15) is 6.92 Å². The molecule has 11 heavy (non-hydrogen) atoms. The topological polar surface area (TPSA) is 47.6 Å². The van der Waals surface area contributed by atoms with Gasteiger partial charge in [-0.1, -0.05) is 6.58 Å². The van der Waals surface area contributed by atoms with E-state index in [1.165, 1.54) is 0 Å². The number of amides is 1. The molecule has 4 heteroatoms. The van der Waals surface area contributed by atoms with Gasteiger partial charge in [-0.15, -0.1) is 0 Å². The third-order valence-corrected chi connectivity index (χ3v) is 1.17. The second kappa shape index (κ2) is 3.50. The summed E-state index contributed by atoms with van der Waals surface area (Å²) in [4.78, 5) is 11.0. The molecule has 0 aliphatic carbocycles. The Morgan fingerprint density at radius 3 is 2.55 bits per heavy atom. The second-order valence-electron chi connectivity index (χ2n) is 2.34. The Balaban J connectivity index is 2.34. The number of hydrogen-bond donors (Lipinski definition) is 1. The van der Waals surface area contributed by atoms with Crippen molar-refractivity contribution < 1.29 is 14.3 Å². The predicted molar refractivity (Wildman–Crippen MR) is 38.6 cm³/mol. The zero-order valence-electron chi connectivity index (χ0n) is 6.42. The van der Waals surface area contributed by atoms with Crippen LogP contribution in [0.2, 0.25) is 0 Å². The molecular formula is C7H11NO3. The Morgan fingerprint density at radius 2 is 2.09 bits per heavy atom. The zero-order valence-corrected chi connectivity index (χ0v) is 6.42. The lowest BCUT2D eigenvalue weighted by atomic mass is 10.5. The van der Waals surface area contributed by atoms with E-state index in [1.807, 2.05) is 0 Å². The maximum Gasteiger partial charge on any atom is 0.281 e. The summed E-state index contributed by atoms with van der Waals surface area (Å²) in [5.41, 5.74) is 0.592. The smallest absolute Gasteiger partial charge is 0.281 e. The van der Waals surface area contributed by atoms with Gasteiger partial charge in [0.15, 0.2) is 0 Å². The maximum absolute atomic E-state index is 11.0. The summed E-state index contributed by atoms with van der Waals surface area (Å²) in [7, 11) is 0. The standard InChI is InChI=1S/C7H11NO3/c1-5(2)8-6(9)7-10-3-4-11-7/h7H,1,3-4H2,2H3,(H,8,9). The van der Waals surface area contributed by atoms with Gasteiger partial charge in [-0.05, 0) is 6.92 Å². The minimum absolute atomic E-state index is 0.282. The molecule has 1 N–H and O–H groups in total. The monoisotopic (exact) mass is 157 g/mol. The van der Waals surface area contributed by atoms with Crippen LogP contribution in [0.15, 0.2) is 12.3 Å². The first-order valence-electron chi connectivity index (χ1n) is 3.40. The first kappa shape index (κ1) is 8.23. The summed E-state index contributed by atoms with van der Waals surface area (Å²) in [6, 6.07) is 0. The van der Waals surface area contributed by atoms with Crippen LogP contribution < -0.4 is 5.32 Å². The van der Waals surface area contributed by atoms with Gasteiger partial charge >= 0.3 is 0 Å². The first-order chi connectivity index (χ1) is 5.20. The third-order valence-electron chi connectivity index (χ3n) is 1.17. The fraction of sp³-hybridized carbons (Fsp3) is 0.571. The number of carbonyl (C=O) groups is 1. The van der Waals surface area contributed by atoms with Gasteiger partial charge < -0.3 is 14.8 Å². The first-order valence-corrected chi connectivity index (χ1v) is 3.40. The molecular weight excluding hydrogens is 146 g/mol. The number of rotatable bonds is 2. The van der Waals surface area contributed by atoms with E-state index in [9.17, 15) is 4.79 Å². The summed E-state index contributed by atoms with van der Waals surface area (Å²) in [6.07, 6.45) is -0.744. The summed E-state index contributed by atoms with van der Waals surface area (Å²) >= 11 is 0. The molecule has 0 saturated carbocycles. The van der Waals surface area contributed by atoms with Gasteiger partial charge in [0.05, 0.1) is 13.2 Å². The van der Waals surface area contributed by atoms with Crippen LogP contribution in [0.4, 0.5) is 0 Å². The Hall–Kier alpha value is -0.870. The minimum Gasteiger partial charge on any atom is -0.342 e. The lowest BCUT2D eigenvalue weighted by molar-refractivity contribution is -0.145. The van der Waals surface area contributed by atoms with Crippen molar-refractivity contribution in [3.8, 4) is 0 Å². The SMILES string of the molecule is C=C(C)NC(=O)C1OCCO1. The molecule has 1 amide bonds. The Morgan fingerprint density at radius 1 is 1.55 bits per heavy atom. The second-order valence-corrected chi connectivity index (χ2v) is 2.34. The molecule has 0 atom stereocenters. The molecule has 0 bridgehead atoms. The van der Waals surface area contributed by atoms with Crippen molar-refractivity contribution in [2.24, 2.45) is 0 Å². The van der Waals surface area contributed by atoms with Crippen LogP contribution in [0.3, 0.4) is 0 Å². The van der Waals surface area contributed by atoms with Crippen molar-refractivity contribution in [3.05, 3.63) is 12.3 Å². The fourth-order valence-corrected chi connectivity index (χ4v) is 0.779. The molecule has 1 aliphatic rings. The lowest BCUT2D eigenvalue weighted by Gasteiger charge is -2.08. The molecule has 4 nitrogen and oxygen atoms in total. The van der Waals surface area contributed by atoms with Gasteiger partial charge in [-0.2, -0.15) is 0 Å². The van der Waals surface area contributed by atoms with Gasteiger partial charge in [-0.25, -0.2) is 0 Å². The highest BCUT2D eigenvalue weighted by Crippen LogP contribution is 2.03. The van der Waals surface area contributed by atoms with Crippen molar-refractivity contribution in [1.29, 1.82) is 0 Å². The highest BCUT2D eigenvalue weighted by molar-refractivity contribution is 5.81. The van der Waals surface area contributed by atoms with Crippen molar-refractivity contribution in [3.63, 3.8) is 0 Å². The molecule has 1 rings (SSSR count). The van der Waals surface area contributed by atoms with Crippen LogP contribution >= 0.6 is 0 Å². The fourth-order valence-electron chi connectivity index (χ4n) is 0.779. The molecule has 1 fully saturated rings. The summed E-state index contributed by atoms with van der Waals surface area (Å²) in [5.74, 6) is -0.282. The summed E-state index contributed by atoms with van der Waals surface area (Å²) in [5, 5.41) is 2.50. The molecule has 0 unspecified atom stereocenters. The van der Waals surface area contributed by atoms with E-state index in [2.05, 4.69) is 11.9 Å². The number of nitrogens with one attached hydrogen (secondary N) is 1. The van der Waals surface area contributed by atoms with E-state index in [0.29, 0.717) is 18.9 Å². The molecule has 1 saturated heterocycles. The van der Waals surface area contributed by atoms with E-state index in [-0.39, 0.29) is 5.91 Å². The molecule has 0 aromatic rings. The van der Waals surface area contributed by atoms with Crippen LogP contribution in [0.5, 0.6) is 0 Å².